The van der Waals surface area contributed by atoms with Gasteiger partial charge in [-0.2, -0.15) is 0 Å². The first-order chi connectivity index (χ1) is 10.4. The van der Waals surface area contributed by atoms with Crippen LogP contribution in [-0.4, -0.2) is 18.2 Å². The van der Waals surface area contributed by atoms with Crippen molar-refractivity contribution in [1.29, 1.82) is 0 Å². The van der Waals surface area contributed by atoms with E-state index in [4.69, 9.17) is 4.74 Å². The molecule has 0 spiro atoms. The number of carbonyl (C=O) groups is 1. The van der Waals surface area contributed by atoms with E-state index in [9.17, 15) is 4.79 Å². The lowest BCUT2D eigenvalue weighted by Crippen LogP contribution is -2.10. The third kappa shape index (κ3) is 4.87. The first-order valence-electron chi connectivity index (χ1n) is 6.38. The van der Waals surface area contributed by atoms with Gasteiger partial charge in [0.2, 0.25) is 5.78 Å². The molecule has 0 saturated heterocycles. The Kier molecular flexibility index (Phi) is 5.64. The lowest BCUT2D eigenvalue weighted by molar-refractivity contribution is -0.109. The van der Waals surface area contributed by atoms with E-state index >= 15 is 0 Å². The highest BCUT2D eigenvalue weighted by atomic mass is 16.5. The number of ketones is 1. The number of allylic oxidation sites excluding steroid dienone is 10. The molecule has 2 rings (SSSR count). The van der Waals surface area contributed by atoms with Crippen LogP contribution in [0, 0.1) is 0 Å². The standard InChI is InChI=1S/C17H14N2O2/c20-16-13-19-14-17-15(16)9-6-4-2-1-3-5-7-10-18-11-8-12-21-17/h1-14H/b2-1-,5-3-,6-4-,10-7-,12-8-,15-9-,18-11-. The second-order valence-corrected chi connectivity index (χ2v) is 3.96. The average Bonchev–Trinajstić information content (AvgIpc) is 2.48. The van der Waals surface area contributed by atoms with Gasteiger partial charge in [-0.25, -0.2) is 0 Å². The molecule has 0 fully saturated rings. The van der Waals surface area contributed by atoms with Gasteiger partial charge in [0.15, 0.2) is 5.76 Å². The Morgan fingerprint density at radius 2 is 1.62 bits per heavy atom. The summed E-state index contributed by atoms with van der Waals surface area (Å²) < 4.78 is 5.41. The molecule has 21 heavy (non-hydrogen) atoms. The van der Waals surface area contributed by atoms with E-state index in [1.165, 1.54) is 18.7 Å². The van der Waals surface area contributed by atoms with Crippen LogP contribution in [0.5, 0.6) is 0 Å². The van der Waals surface area contributed by atoms with E-state index in [0.717, 1.165) is 0 Å². The molecule has 0 bridgehead atoms. The summed E-state index contributed by atoms with van der Waals surface area (Å²) in [7, 11) is 0. The number of hydrogen-bond acceptors (Lipinski definition) is 4. The minimum atomic E-state index is -0.188. The topological polar surface area (TPSA) is 51.0 Å². The number of Topliss-reactive ketones (excluding diaryl/α,β-unsaturated/α-hetero) is 1. The lowest BCUT2D eigenvalue weighted by atomic mass is 10.1. The fourth-order valence-corrected chi connectivity index (χ4v) is 1.51. The Balaban J connectivity index is 2.26. The van der Waals surface area contributed by atoms with Crippen LogP contribution in [0.2, 0.25) is 0 Å². The predicted octanol–water partition coefficient (Wildman–Crippen LogP) is 3.20. The zero-order valence-corrected chi connectivity index (χ0v) is 11.3. The molecular formula is C17H14N2O2. The van der Waals surface area contributed by atoms with E-state index in [1.54, 1.807) is 30.6 Å². The van der Waals surface area contributed by atoms with E-state index in [0.29, 0.717) is 11.3 Å². The highest BCUT2D eigenvalue weighted by molar-refractivity contribution is 6.37. The number of carbonyl (C=O) groups excluding carboxylic acids is 1. The molecule has 0 aliphatic carbocycles. The Morgan fingerprint density at radius 1 is 0.857 bits per heavy atom. The molecule has 0 aromatic heterocycles. The number of hydrogen-bond donors (Lipinski definition) is 0. The Bertz CT molecular complexity index is 654. The molecule has 0 unspecified atom stereocenters. The van der Waals surface area contributed by atoms with Gasteiger partial charge in [-0.15, -0.1) is 0 Å². The average molecular weight is 278 g/mol. The van der Waals surface area contributed by atoms with Crippen molar-refractivity contribution in [2.24, 2.45) is 9.98 Å². The second kappa shape index (κ2) is 8.22. The fourth-order valence-electron chi connectivity index (χ4n) is 1.51. The van der Waals surface area contributed by atoms with Crippen LogP contribution in [0.15, 0.2) is 94.7 Å². The van der Waals surface area contributed by atoms with Gasteiger partial charge in [0.05, 0.1) is 24.2 Å². The third-order valence-electron chi connectivity index (χ3n) is 2.46. The van der Waals surface area contributed by atoms with Gasteiger partial charge >= 0.3 is 0 Å². The molecule has 0 aromatic rings. The van der Waals surface area contributed by atoms with Gasteiger partial charge in [0, 0.05) is 12.4 Å². The lowest BCUT2D eigenvalue weighted by Gasteiger charge is -2.09. The fraction of sp³-hybridized carbons (Fsp3) is 0. The van der Waals surface area contributed by atoms with Crippen molar-refractivity contribution >= 4 is 18.2 Å². The van der Waals surface area contributed by atoms with Crippen LogP contribution in [0.1, 0.15) is 0 Å². The summed E-state index contributed by atoms with van der Waals surface area (Å²) in [5.41, 5.74) is 0.457. The largest absolute Gasteiger partial charge is 0.463 e. The summed E-state index contributed by atoms with van der Waals surface area (Å²) in [6.07, 6.45) is 23.7. The van der Waals surface area contributed by atoms with Crippen molar-refractivity contribution in [3.8, 4) is 0 Å². The molecular weight excluding hydrogens is 264 g/mol. The Hall–Kier alpha value is -3.01. The predicted molar refractivity (Wildman–Crippen MR) is 84.9 cm³/mol. The highest BCUT2D eigenvalue weighted by Gasteiger charge is 2.16. The van der Waals surface area contributed by atoms with Gasteiger partial charge in [-0.1, -0.05) is 36.5 Å². The number of fused-ring (bicyclic) bond motifs is 1. The number of rotatable bonds is 0. The molecule has 0 N–H and O–H groups in total. The monoisotopic (exact) mass is 278 g/mol. The van der Waals surface area contributed by atoms with Gasteiger partial charge in [0.1, 0.15) is 0 Å². The molecule has 4 heteroatoms. The van der Waals surface area contributed by atoms with Crippen LogP contribution in [0.25, 0.3) is 0 Å². The summed E-state index contributed by atoms with van der Waals surface area (Å²) in [6, 6.07) is 0. The number of ether oxygens (including phenoxy) is 1. The summed E-state index contributed by atoms with van der Waals surface area (Å²) >= 11 is 0. The van der Waals surface area contributed by atoms with E-state index in [1.807, 2.05) is 36.5 Å². The maximum atomic E-state index is 11.8. The summed E-state index contributed by atoms with van der Waals surface area (Å²) in [4.78, 5) is 19.7. The first kappa shape index (κ1) is 14.4. The van der Waals surface area contributed by atoms with Crippen molar-refractivity contribution in [3.63, 3.8) is 0 Å². The van der Waals surface area contributed by atoms with Crippen LogP contribution in [-0.2, 0) is 9.53 Å². The minimum absolute atomic E-state index is 0.188. The van der Waals surface area contributed by atoms with Crippen LogP contribution < -0.4 is 0 Å². The first-order valence-corrected chi connectivity index (χ1v) is 6.38. The smallest absolute Gasteiger partial charge is 0.207 e. The molecule has 2 aliphatic heterocycles. The normalized spacial score (nSPS) is 29.8. The molecule has 0 atom stereocenters. The molecule has 2 aliphatic rings. The summed E-state index contributed by atoms with van der Waals surface area (Å²) in [5.74, 6) is 0.218. The Labute approximate surface area is 123 Å². The molecule has 0 saturated carbocycles. The zero-order chi connectivity index (χ0) is 14.8. The second-order valence-electron chi connectivity index (χ2n) is 3.96. The third-order valence-corrected chi connectivity index (χ3v) is 2.46. The summed E-state index contributed by atoms with van der Waals surface area (Å²) in [5, 5.41) is 0. The van der Waals surface area contributed by atoms with Crippen LogP contribution in [0.3, 0.4) is 0 Å². The van der Waals surface area contributed by atoms with Crippen molar-refractivity contribution in [1.82, 2.24) is 0 Å². The van der Waals surface area contributed by atoms with E-state index in [-0.39, 0.29) is 5.78 Å². The SMILES string of the molecule is O=C1C=NC=C2O\C=C/C=N\C=C/C=C\C=C/C=C\C=C\12. The van der Waals surface area contributed by atoms with Crippen molar-refractivity contribution in [3.05, 3.63) is 84.7 Å². The zero-order valence-electron chi connectivity index (χ0n) is 11.3. The van der Waals surface area contributed by atoms with E-state index < -0.39 is 0 Å². The van der Waals surface area contributed by atoms with E-state index in [2.05, 4.69) is 9.98 Å². The van der Waals surface area contributed by atoms with Gasteiger partial charge in [-0.3, -0.25) is 14.8 Å². The minimum Gasteiger partial charge on any atom is -0.463 e. The summed E-state index contributed by atoms with van der Waals surface area (Å²) in [6.45, 7) is 0. The maximum Gasteiger partial charge on any atom is 0.207 e. The molecule has 104 valence electrons. The van der Waals surface area contributed by atoms with Gasteiger partial charge in [0.25, 0.3) is 0 Å². The molecule has 2 heterocycles. The highest BCUT2D eigenvalue weighted by Crippen LogP contribution is 2.16. The molecule has 0 aromatic carbocycles. The number of nitrogens with zero attached hydrogens (tertiary/aromatic N) is 2. The van der Waals surface area contributed by atoms with Crippen LogP contribution >= 0.6 is 0 Å². The molecule has 0 amide bonds. The Morgan fingerprint density at radius 3 is 2.48 bits per heavy atom. The van der Waals surface area contributed by atoms with Crippen LogP contribution in [0.4, 0.5) is 0 Å². The van der Waals surface area contributed by atoms with Crippen molar-refractivity contribution in [2.45, 2.75) is 0 Å². The quantitative estimate of drug-likeness (QED) is 0.683. The van der Waals surface area contributed by atoms with Crippen molar-refractivity contribution < 1.29 is 9.53 Å². The van der Waals surface area contributed by atoms with Gasteiger partial charge < -0.3 is 4.74 Å². The van der Waals surface area contributed by atoms with Gasteiger partial charge in [-0.05, 0) is 18.2 Å². The molecule has 4 nitrogen and oxygen atoms in total. The number of aliphatic imine (C=N–C) groups is 2. The maximum absolute atomic E-state index is 11.8. The van der Waals surface area contributed by atoms with Crippen molar-refractivity contribution in [2.75, 3.05) is 0 Å². The molecule has 0 radical (unpaired) electrons.